The van der Waals surface area contributed by atoms with Gasteiger partial charge in [-0.1, -0.05) is 18.2 Å². The van der Waals surface area contributed by atoms with Crippen molar-refractivity contribution in [3.05, 3.63) is 65.9 Å². The molecule has 8 nitrogen and oxygen atoms in total. The minimum atomic E-state index is -0.430. The van der Waals surface area contributed by atoms with Crippen molar-refractivity contribution in [3.8, 4) is 0 Å². The van der Waals surface area contributed by atoms with E-state index < -0.39 is 5.41 Å². The topological polar surface area (TPSA) is 80.0 Å². The zero-order chi connectivity index (χ0) is 24.6. The summed E-state index contributed by atoms with van der Waals surface area (Å²) in [6.07, 6.45) is 7.02. The maximum atomic E-state index is 13.1. The molecule has 0 unspecified atom stereocenters. The quantitative estimate of drug-likeness (QED) is 0.538. The Morgan fingerprint density at radius 2 is 1.97 bits per heavy atom. The van der Waals surface area contributed by atoms with E-state index >= 15 is 0 Å². The van der Waals surface area contributed by atoms with Crippen LogP contribution >= 0.6 is 0 Å². The van der Waals surface area contributed by atoms with E-state index in [9.17, 15) is 14.0 Å². The van der Waals surface area contributed by atoms with Crippen molar-refractivity contribution in [1.82, 2.24) is 19.5 Å². The lowest BCUT2D eigenvalue weighted by atomic mass is 9.76. The zero-order valence-electron chi connectivity index (χ0n) is 19.9. The van der Waals surface area contributed by atoms with Gasteiger partial charge in [0, 0.05) is 38.8 Å². The number of nitrogens with zero attached hydrogens (tertiary/aromatic N) is 5. The Morgan fingerprint density at radius 1 is 1.20 bits per heavy atom. The van der Waals surface area contributed by atoms with E-state index in [0.29, 0.717) is 39.0 Å². The van der Waals surface area contributed by atoms with Crippen LogP contribution < -0.4 is 4.90 Å². The van der Waals surface area contributed by atoms with Crippen LogP contribution in [0.4, 0.5) is 15.0 Å². The van der Waals surface area contributed by atoms with Crippen molar-refractivity contribution in [2.24, 2.45) is 5.41 Å². The largest absolute Gasteiger partial charge is 0.453 e. The Labute approximate surface area is 203 Å². The van der Waals surface area contributed by atoms with E-state index in [1.807, 2.05) is 23.7 Å². The van der Waals surface area contributed by atoms with Crippen LogP contribution in [0.2, 0.25) is 0 Å². The number of Topliss-reactive ketones (excluding diaryl/α,β-unsaturated/α-hetero) is 1. The second kappa shape index (κ2) is 9.13. The fourth-order valence-corrected chi connectivity index (χ4v) is 4.90. The Balaban J connectivity index is 1.26. The van der Waals surface area contributed by atoms with Crippen molar-refractivity contribution in [1.29, 1.82) is 0 Å². The van der Waals surface area contributed by atoms with Crippen LogP contribution in [0.5, 0.6) is 0 Å². The van der Waals surface area contributed by atoms with Gasteiger partial charge in [0.1, 0.15) is 23.4 Å². The lowest BCUT2D eigenvalue weighted by molar-refractivity contribution is -0.129. The Hall–Kier alpha value is -3.75. The molecule has 5 rings (SSSR count). The summed E-state index contributed by atoms with van der Waals surface area (Å²) >= 11 is 0. The molecule has 2 aromatic heterocycles. The van der Waals surface area contributed by atoms with Crippen LogP contribution in [-0.4, -0.2) is 64.7 Å². The van der Waals surface area contributed by atoms with Gasteiger partial charge in [0.15, 0.2) is 5.82 Å². The SMILES string of the molecule is COC(=O)N1CC=C(c2cc3c(N4CC(C)(C(=O)CCc5ccc(F)cc5)C4)ncnn3c2)CC1. The first-order chi connectivity index (χ1) is 16.9. The van der Waals surface area contributed by atoms with E-state index in [-0.39, 0.29) is 17.7 Å². The molecule has 0 radical (unpaired) electrons. The molecule has 0 aliphatic carbocycles. The van der Waals surface area contributed by atoms with Gasteiger partial charge in [-0.15, -0.1) is 0 Å². The number of ketones is 1. The van der Waals surface area contributed by atoms with Gasteiger partial charge in [-0.05, 0) is 54.7 Å². The van der Waals surface area contributed by atoms with Gasteiger partial charge in [0.25, 0.3) is 0 Å². The van der Waals surface area contributed by atoms with Gasteiger partial charge in [0.05, 0.1) is 12.5 Å². The second-order valence-electron chi connectivity index (χ2n) is 9.50. The number of fused-ring (bicyclic) bond motifs is 1. The zero-order valence-corrected chi connectivity index (χ0v) is 19.9. The number of amides is 1. The summed E-state index contributed by atoms with van der Waals surface area (Å²) in [5.41, 5.74) is 3.63. The third-order valence-corrected chi connectivity index (χ3v) is 7.00. The van der Waals surface area contributed by atoms with E-state index in [2.05, 4.69) is 21.0 Å². The number of rotatable bonds is 6. The van der Waals surface area contributed by atoms with Gasteiger partial charge < -0.3 is 14.5 Å². The Morgan fingerprint density at radius 3 is 2.66 bits per heavy atom. The highest BCUT2D eigenvalue weighted by molar-refractivity contribution is 5.89. The van der Waals surface area contributed by atoms with Gasteiger partial charge in [-0.25, -0.2) is 18.7 Å². The van der Waals surface area contributed by atoms with E-state index in [0.717, 1.165) is 34.5 Å². The second-order valence-corrected chi connectivity index (χ2v) is 9.50. The number of methoxy groups -OCH3 is 1. The van der Waals surface area contributed by atoms with E-state index in [4.69, 9.17) is 4.74 Å². The standard InChI is InChI=1S/C26H28FN5O3/c1-26(23(33)8-5-18-3-6-21(27)7-4-18)15-31(16-26)24-22-13-20(14-32(22)29-17-28-24)19-9-11-30(12-10-19)25(34)35-2/h3-4,6-7,9,13-14,17H,5,8,10-12,15-16H2,1-2H3. The fraction of sp³-hybridized carbons (Fsp3) is 0.385. The fourth-order valence-electron chi connectivity index (χ4n) is 4.90. The first kappa shape index (κ1) is 23.0. The first-order valence-electron chi connectivity index (χ1n) is 11.7. The predicted octanol–water partition coefficient (Wildman–Crippen LogP) is 3.75. The third kappa shape index (κ3) is 4.50. The van der Waals surface area contributed by atoms with Crippen LogP contribution in [0.15, 0.2) is 48.9 Å². The van der Waals surface area contributed by atoms with Crippen LogP contribution in [0.3, 0.4) is 0 Å². The summed E-state index contributed by atoms with van der Waals surface area (Å²) in [4.78, 5) is 33.0. The molecule has 1 amide bonds. The maximum Gasteiger partial charge on any atom is 0.409 e. The first-order valence-corrected chi connectivity index (χ1v) is 11.7. The molecule has 9 heteroatoms. The molecule has 1 saturated heterocycles. The molecule has 0 N–H and O–H groups in total. The van der Waals surface area contributed by atoms with Crippen LogP contribution in [0.25, 0.3) is 11.1 Å². The molecular weight excluding hydrogens is 449 g/mol. The highest BCUT2D eigenvalue weighted by atomic mass is 19.1. The van der Waals surface area contributed by atoms with Gasteiger partial charge in [-0.3, -0.25) is 4.79 Å². The minimum Gasteiger partial charge on any atom is -0.453 e. The smallest absolute Gasteiger partial charge is 0.409 e. The molecule has 3 aromatic rings. The lowest BCUT2D eigenvalue weighted by Gasteiger charge is -2.47. The number of ether oxygens (including phenoxy) is 1. The number of carbonyl (C=O) groups is 2. The number of benzene rings is 1. The molecule has 182 valence electrons. The molecule has 1 fully saturated rings. The summed E-state index contributed by atoms with van der Waals surface area (Å²) in [5.74, 6) is 0.749. The third-order valence-electron chi connectivity index (χ3n) is 7.00. The maximum absolute atomic E-state index is 13.1. The molecular formula is C26H28FN5O3. The van der Waals surface area contributed by atoms with Crippen molar-refractivity contribution < 1.29 is 18.7 Å². The highest BCUT2D eigenvalue weighted by Gasteiger charge is 2.45. The lowest BCUT2D eigenvalue weighted by Crippen LogP contribution is -2.59. The van der Waals surface area contributed by atoms with Crippen LogP contribution in [-0.2, 0) is 16.0 Å². The van der Waals surface area contributed by atoms with Crippen molar-refractivity contribution in [3.63, 3.8) is 0 Å². The normalized spacial score (nSPS) is 17.2. The molecule has 0 bridgehead atoms. The predicted molar refractivity (Wildman–Crippen MR) is 130 cm³/mol. The average Bonchev–Trinajstić information content (AvgIpc) is 3.30. The number of aryl methyl sites for hydroxylation is 1. The molecule has 0 atom stereocenters. The average molecular weight is 478 g/mol. The number of halogens is 1. The summed E-state index contributed by atoms with van der Waals surface area (Å²) in [6.45, 7) is 4.31. The highest BCUT2D eigenvalue weighted by Crippen LogP contribution is 2.37. The molecule has 1 aromatic carbocycles. The molecule has 4 heterocycles. The molecule has 2 aliphatic rings. The number of hydrogen-bond acceptors (Lipinski definition) is 6. The Bertz CT molecular complexity index is 1290. The summed E-state index contributed by atoms with van der Waals surface area (Å²) in [5, 5.41) is 4.37. The molecule has 2 aliphatic heterocycles. The van der Waals surface area contributed by atoms with Gasteiger partial charge >= 0.3 is 6.09 Å². The van der Waals surface area contributed by atoms with Crippen LogP contribution in [0, 0.1) is 11.2 Å². The van der Waals surface area contributed by atoms with E-state index in [1.54, 1.807) is 17.0 Å². The van der Waals surface area contributed by atoms with Crippen molar-refractivity contribution >= 4 is 28.8 Å². The molecule has 0 spiro atoms. The minimum absolute atomic E-state index is 0.210. The van der Waals surface area contributed by atoms with Gasteiger partial charge in [-0.2, -0.15) is 5.10 Å². The van der Waals surface area contributed by atoms with E-state index in [1.165, 1.54) is 25.6 Å². The summed E-state index contributed by atoms with van der Waals surface area (Å²) in [7, 11) is 1.39. The molecule has 0 saturated carbocycles. The number of anilines is 1. The monoisotopic (exact) mass is 477 g/mol. The number of carbonyl (C=O) groups excluding carboxylic acids is 2. The Kier molecular flexibility index (Phi) is 6.00. The summed E-state index contributed by atoms with van der Waals surface area (Å²) < 4.78 is 19.7. The number of hydrogen-bond donors (Lipinski definition) is 0. The van der Waals surface area contributed by atoms with Crippen molar-refractivity contribution in [2.45, 2.75) is 26.2 Å². The molecule has 35 heavy (non-hydrogen) atoms. The van der Waals surface area contributed by atoms with Crippen molar-refractivity contribution in [2.75, 3.05) is 38.2 Å². The van der Waals surface area contributed by atoms with Crippen LogP contribution in [0.1, 0.15) is 30.9 Å². The summed E-state index contributed by atoms with van der Waals surface area (Å²) in [6, 6.07) is 8.39. The van der Waals surface area contributed by atoms with Gasteiger partial charge in [0.2, 0.25) is 0 Å². The number of aromatic nitrogens is 3.